The molecule has 2 aliphatic carbocycles. The Morgan fingerprint density at radius 2 is 1.75 bits per heavy atom. The minimum absolute atomic E-state index is 0.0414. The molecule has 6 bridgehead atoms. The van der Waals surface area contributed by atoms with Crippen molar-refractivity contribution in [3.63, 3.8) is 0 Å². The van der Waals surface area contributed by atoms with Crippen LogP contribution in [-0.2, 0) is 48.4 Å². The molecule has 0 aromatic heterocycles. The zero-order chi connectivity index (χ0) is 46.9. The molecular weight excluding hydrogens is 839 g/mol. The first-order chi connectivity index (χ1) is 32.6. The number of rotatable bonds is 14. The van der Waals surface area contributed by atoms with Gasteiger partial charge in [0.25, 0.3) is 0 Å². The minimum atomic E-state index is -0.540. The normalized spacial score (nSPS) is 20.1. The van der Waals surface area contributed by atoms with E-state index in [0.29, 0.717) is 41.9 Å². The first-order valence-electron chi connectivity index (χ1n) is 23.8. The Labute approximate surface area is 394 Å². The van der Waals surface area contributed by atoms with Crippen LogP contribution in [0, 0.1) is 23.9 Å². The van der Waals surface area contributed by atoms with Gasteiger partial charge in [-0.1, -0.05) is 86.0 Å². The van der Waals surface area contributed by atoms with Crippen molar-refractivity contribution in [2.75, 3.05) is 12.4 Å². The summed E-state index contributed by atoms with van der Waals surface area (Å²) >= 11 is 0. The molecule has 2 aliphatic heterocycles. The van der Waals surface area contributed by atoms with E-state index in [2.05, 4.69) is 78.9 Å². The lowest BCUT2D eigenvalue weighted by Gasteiger charge is -2.28. The van der Waals surface area contributed by atoms with Crippen LogP contribution in [0.25, 0.3) is 16.8 Å². The second kappa shape index (κ2) is 21.9. The number of Topliss-reactive ketones (excluding diaryl/α,β-unsaturated/α-hetero) is 1. The molecule has 9 nitrogen and oxygen atoms in total. The molecule has 0 saturated heterocycles. The van der Waals surface area contributed by atoms with E-state index in [9.17, 15) is 25.2 Å². The van der Waals surface area contributed by atoms with Crippen LogP contribution in [0.15, 0.2) is 115 Å². The van der Waals surface area contributed by atoms with Crippen LogP contribution in [0.5, 0.6) is 17.2 Å². The van der Waals surface area contributed by atoms with Crippen LogP contribution in [0.3, 0.4) is 0 Å². The van der Waals surface area contributed by atoms with Crippen molar-refractivity contribution >= 4 is 28.3 Å². The maximum absolute atomic E-state index is 13.8. The van der Waals surface area contributed by atoms with Crippen molar-refractivity contribution in [3.05, 3.63) is 159 Å². The van der Waals surface area contributed by atoms with Gasteiger partial charge in [-0.15, -0.1) is 0 Å². The molecule has 4 aliphatic rings. The Balaban J connectivity index is 0.991. The number of hydrogen-bond acceptors (Lipinski definition) is 9. The lowest BCUT2D eigenvalue weighted by molar-refractivity contribution is -0.121. The molecule has 67 heavy (non-hydrogen) atoms. The fourth-order valence-electron chi connectivity index (χ4n) is 9.95. The van der Waals surface area contributed by atoms with Crippen LogP contribution < -0.4 is 14.8 Å². The summed E-state index contributed by atoms with van der Waals surface area (Å²) in [5.41, 5.74) is 8.43. The van der Waals surface area contributed by atoms with Gasteiger partial charge in [0.2, 0.25) is 0 Å². The molecule has 6 atom stereocenters. The number of hydrogen-bond donors (Lipinski definition) is 5. The highest BCUT2D eigenvalue weighted by Crippen LogP contribution is 2.43. The number of benzene rings is 5. The lowest BCUT2D eigenvalue weighted by Crippen LogP contribution is -2.33. The second-order valence-electron chi connectivity index (χ2n) is 18.5. The van der Waals surface area contributed by atoms with Crippen molar-refractivity contribution < 1.29 is 39.4 Å². The fraction of sp³-hybridized carbons (Fsp3) is 0.362. The molecule has 0 saturated carbocycles. The molecule has 0 spiro atoms. The van der Waals surface area contributed by atoms with Crippen LogP contribution in [0.4, 0.5) is 5.69 Å². The van der Waals surface area contributed by atoms with Gasteiger partial charge in [-0.3, -0.25) is 4.79 Å². The molecule has 2 heterocycles. The van der Waals surface area contributed by atoms with Gasteiger partial charge >= 0.3 is 0 Å². The molecule has 348 valence electrons. The highest BCUT2D eigenvalue weighted by molar-refractivity contribution is 6.00. The number of aryl methyl sites for hydroxylation is 2. The number of anilines is 1. The van der Waals surface area contributed by atoms with Crippen LogP contribution in [0.1, 0.15) is 103 Å². The zero-order valence-electron chi connectivity index (χ0n) is 38.8. The van der Waals surface area contributed by atoms with Crippen molar-refractivity contribution in [3.8, 4) is 29.3 Å². The van der Waals surface area contributed by atoms with E-state index < -0.39 is 12.2 Å². The van der Waals surface area contributed by atoms with Crippen LogP contribution in [0.2, 0.25) is 0 Å². The number of allylic oxidation sites excluding steroid dienone is 4. The Morgan fingerprint density at radius 1 is 0.910 bits per heavy atom. The number of aromatic hydroxyl groups is 1. The summed E-state index contributed by atoms with van der Waals surface area (Å²) in [6.07, 6.45) is 17.9. The van der Waals surface area contributed by atoms with Gasteiger partial charge < -0.3 is 40.0 Å². The van der Waals surface area contributed by atoms with Crippen LogP contribution >= 0.6 is 0 Å². The van der Waals surface area contributed by atoms with Gasteiger partial charge in [0, 0.05) is 42.0 Å². The third kappa shape index (κ3) is 11.6. The summed E-state index contributed by atoms with van der Waals surface area (Å²) in [4.78, 5) is 13.8. The van der Waals surface area contributed by atoms with Crippen molar-refractivity contribution in [1.29, 1.82) is 0 Å². The number of ether oxygens (including phenoxy) is 3. The minimum Gasteiger partial charge on any atom is -0.508 e. The molecule has 5 aromatic carbocycles. The van der Waals surface area contributed by atoms with Gasteiger partial charge in [0.1, 0.15) is 36.1 Å². The third-order valence-corrected chi connectivity index (χ3v) is 13.7. The number of carbonyl (C=O) groups is 1. The largest absolute Gasteiger partial charge is 0.508 e. The molecule has 0 radical (unpaired) electrons. The maximum atomic E-state index is 13.8. The third-order valence-electron chi connectivity index (χ3n) is 13.7. The monoisotopic (exact) mass is 901 g/mol. The summed E-state index contributed by atoms with van der Waals surface area (Å²) < 4.78 is 18.5. The number of phenols is 1. The van der Waals surface area contributed by atoms with Crippen molar-refractivity contribution in [1.82, 2.24) is 0 Å². The first-order valence-corrected chi connectivity index (χ1v) is 23.8. The number of ketones is 1. The van der Waals surface area contributed by atoms with E-state index in [1.807, 2.05) is 61.5 Å². The van der Waals surface area contributed by atoms with Gasteiger partial charge in [0.15, 0.2) is 11.5 Å². The Kier molecular flexibility index (Phi) is 15.4. The van der Waals surface area contributed by atoms with E-state index in [4.69, 9.17) is 14.2 Å². The SMILES string of the molecule is COc1ccc2cc1OCc1c(CO)cc3c(c(O)cc4c3c1C=C[C@H]4C)CC#CO[C@@H](C[C@@H]1C=C(O)C=C[C@H]1CCCCc1cccc(N[C@H](Cc3ccccc3)[C@H](C)O)c1)CC(=O)CC2. The summed E-state index contributed by atoms with van der Waals surface area (Å²) in [6.45, 7) is 3.88. The zero-order valence-corrected chi connectivity index (χ0v) is 38.8. The van der Waals surface area contributed by atoms with E-state index in [1.165, 1.54) is 11.1 Å². The predicted octanol–water partition coefficient (Wildman–Crippen LogP) is 11.0. The average Bonchev–Trinajstić information content (AvgIpc) is 3.32. The fourth-order valence-corrected chi connectivity index (χ4v) is 9.95. The predicted molar refractivity (Wildman–Crippen MR) is 265 cm³/mol. The Bertz CT molecular complexity index is 2710. The Hall–Kier alpha value is -6.47. The van der Waals surface area contributed by atoms with Crippen LogP contribution in [-0.4, -0.2) is 51.6 Å². The van der Waals surface area contributed by atoms with Crippen molar-refractivity contribution in [2.45, 2.75) is 115 Å². The lowest BCUT2D eigenvalue weighted by atomic mass is 9.80. The standard InChI is InChI=1S/C58H63NO8/c1-37-18-24-50-53-36-67-57-29-41(20-25-56(57)65-3)19-22-47(63)33-48(66-26-10-17-49-52(32-44(53)35-60)58(50)51(37)34-55(49)64)31-43-30-46(62)23-21-42(43)15-8-7-13-39-14-9-16-45(27-39)59-54(38(2)61)28-40-11-5-4-6-12-40/h4-6,9,11-12,14,16,18,20-21,23-25,27,29-30,32,34,37-38,42-43,48,54,59-62,64H,7-8,13,15,17,19,22,28,31,33,35-36H2,1-3H3/t37-,38+,42-,43+,48+,54-/m1/s1. The van der Waals surface area contributed by atoms with Gasteiger partial charge in [-0.2, -0.15) is 0 Å². The first kappa shape index (κ1) is 47.0. The molecule has 5 N–H and O–H groups in total. The number of aliphatic hydroxyl groups excluding tert-OH is 3. The highest BCUT2D eigenvalue weighted by Gasteiger charge is 2.28. The van der Waals surface area contributed by atoms with Gasteiger partial charge in [0.05, 0.1) is 25.9 Å². The van der Waals surface area contributed by atoms with Gasteiger partial charge in [-0.25, -0.2) is 0 Å². The van der Waals surface area contributed by atoms with E-state index in [-0.39, 0.29) is 67.1 Å². The summed E-state index contributed by atoms with van der Waals surface area (Å²) in [5.74, 6) is 4.76. The molecule has 0 fully saturated rings. The number of phenolic OH excluding ortho intramolecular Hbond substituents is 1. The van der Waals surface area contributed by atoms with E-state index in [0.717, 1.165) is 70.8 Å². The number of unbranched alkanes of at least 4 members (excludes halogenated alkanes) is 1. The number of carbonyl (C=O) groups excluding carboxylic acids is 1. The topological polar surface area (TPSA) is 138 Å². The smallest absolute Gasteiger partial charge is 0.161 e. The highest BCUT2D eigenvalue weighted by atomic mass is 16.5. The van der Waals surface area contributed by atoms with E-state index in [1.54, 1.807) is 13.2 Å². The molecule has 0 unspecified atom stereocenters. The molecule has 5 aromatic rings. The number of methoxy groups -OCH3 is 1. The quantitative estimate of drug-likeness (QED) is 0.0545. The molecular formula is C58H63NO8. The van der Waals surface area contributed by atoms with Gasteiger partial charge in [-0.05, 0) is 150 Å². The molecule has 0 amide bonds. The van der Waals surface area contributed by atoms with E-state index >= 15 is 0 Å². The molecule has 9 heteroatoms. The summed E-state index contributed by atoms with van der Waals surface area (Å²) in [7, 11) is 1.60. The molecule has 9 rings (SSSR count). The second-order valence-corrected chi connectivity index (χ2v) is 18.5. The average molecular weight is 902 g/mol. The number of nitrogens with one attached hydrogen (secondary N) is 1. The van der Waals surface area contributed by atoms with Crippen molar-refractivity contribution in [2.24, 2.45) is 11.8 Å². The Morgan fingerprint density at radius 3 is 2.55 bits per heavy atom. The summed E-state index contributed by atoms with van der Waals surface area (Å²) in [6, 6.07) is 28.0. The number of fused-ring (bicyclic) bond motifs is 9. The summed E-state index contributed by atoms with van der Waals surface area (Å²) in [5, 5.41) is 48.8. The maximum Gasteiger partial charge on any atom is 0.161 e. The number of aliphatic hydroxyl groups is 3.